The summed E-state index contributed by atoms with van der Waals surface area (Å²) in [5, 5.41) is 9.20. The second-order valence-corrected chi connectivity index (χ2v) is 6.40. The van der Waals surface area contributed by atoms with Gasteiger partial charge in [0, 0.05) is 11.6 Å². The van der Waals surface area contributed by atoms with E-state index < -0.39 is 5.97 Å². The molecular weight excluding hydrogens is 268 g/mol. The Labute approximate surface area is 126 Å². The highest BCUT2D eigenvalue weighted by Gasteiger charge is 2.35. The fourth-order valence-corrected chi connectivity index (χ4v) is 2.71. The van der Waals surface area contributed by atoms with Crippen LogP contribution in [0.4, 0.5) is 0 Å². The second kappa shape index (κ2) is 6.87. The summed E-state index contributed by atoms with van der Waals surface area (Å²) in [5.41, 5.74) is 5.80. The van der Waals surface area contributed by atoms with Crippen molar-refractivity contribution in [1.82, 2.24) is 0 Å². The summed E-state index contributed by atoms with van der Waals surface area (Å²) in [6.45, 7) is 7.46. The highest BCUT2D eigenvalue weighted by molar-refractivity contribution is 6.19. The van der Waals surface area contributed by atoms with E-state index in [0.29, 0.717) is 5.71 Å². The van der Waals surface area contributed by atoms with Crippen molar-refractivity contribution >= 4 is 17.5 Å². The van der Waals surface area contributed by atoms with Crippen LogP contribution in [0, 0.1) is 11.3 Å². The minimum absolute atomic E-state index is 0.00276. The summed E-state index contributed by atoms with van der Waals surface area (Å²) in [7, 11) is 0. The Morgan fingerprint density at radius 2 is 1.86 bits per heavy atom. The first-order chi connectivity index (χ1) is 9.71. The van der Waals surface area contributed by atoms with Crippen LogP contribution in [0.3, 0.4) is 0 Å². The molecule has 0 aromatic heterocycles. The molecule has 3 N–H and O–H groups in total. The number of nitrogens with zero attached hydrogens (tertiary/aromatic N) is 1. The Bertz CT molecular complexity index is 470. The lowest BCUT2D eigenvalue weighted by atomic mass is 9.71. The molecule has 1 saturated carbocycles. The molecule has 1 fully saturated rings. The Balaban J connectivity index is 2.91. The van der Waals surface area contributed by atoms with Crippen LogP contribution in [0.2, 0.25) is 0 Å². The van der Waals surface area contributed by atoms with E-state index in [2.05, 4.69) is 4.99 Å². The van der Waals surface area contributed by atoms with Gasteiger partial charge in [-0.2, -0.15) is 0 Å². The van der Waals surface area contributed by atoms with Crippen LogP contribution in [0.15, 0.2) is 16.8 Å². The fraction of sp³-hybridized carbons (Fsp3) is 0.688. The van der Waals surface area contributed by atoms with E-state index >= 15 is 0 Å². The Morgan fingerprint density at radius 3 is 2.19 bits per heavy atom. The van der Waals surface area contributed by atoms with Gasteiger partial charge in [0.1, 0.15) is 5.78 Å². The molecular formula is C16H26N2O3. The largest absolute Gasteiger partial charge is 0.478 e. The molecule has 0 atom stereocenters. The minimum atomic E-state index is -1.05. The van der Waals surface area contributed by atoms with Gasteiger partial charge in [0.2, 0.25) is 0 Å². The molecule has 0 bridgehead atoms. The zero-order valence-corrected chi connectivity index (χ0v) is 13.3. The molecule has 0 heterocycles. The lowest BCUT2D eigenvalue weighted by Crippen LogP contribution is -2.33. The maximum absolute atomic E-state index is 11.7. The number of hydrogen-bond acceptors (Lipinski definition) is 4. The maximum Gasteiger partial charge on any atom is 0.339 e. The summed E-state index contributed by atoms with van der Waals surface area (Å²) in [5.74, 6) is -0.826. The summed E-state index contributed by atoms with van der Waals surface area (Å²) in [6, 6.07) is 0.0733. The molecule has 1 rings (SSSR count). The van der Waals surface area contributed by atoms with Crippen LogP contribution in [0.1, 0.15) is 53.4 Å². The Morgan fingerprint density at radius 1 is 1.33 bits per heavy atom. The fourth-order valence-electron chi connectivity index (χ4n) is 2.71. The van der Waals surface area contributed by atoms with E-state index in [-0.39, 0.29) is 28.7 Å². The molecule has 21 heavy (non-hydrogen) atoms. The molecule has 0 aliphatic heterocycles. The van der Waals surface area contributed by atoms with Crippen LogP contribution in [0.25, 0.3) is 0 Å². The number of nitrogens with two attached hydrogens (primary N) is 1. The van der Waals surface area contributed by atoms with Gasteiger partial charge in [-0.15, -0.1) is 0 Å². The molecule has 0 unspecified atom stereocenters. The third kappa shape index (κ3) is 4.16. The average molecular weight is 294 g/mol. The van der Waals surface area contributed by atoms with Gasteiger partial charge < -0.3 is 10.8 Å². The van der Waals surface area contributed by atoms with Gasteiger partial charge in [0.05, 0.1) is 17.3 Å². The number of carboxylic acid groups (broad SMARTS) is 1. The van der Waals surface area contributed by atoms with Crippen molar-refractivity contribution in [1.29, 1.82) is 0 Å². The van der Waals surface area contributed by atoms with Crippen LogP contribution >= 0.6 is 0 Å². The van der Waals surface area contributed by atoms with E-state index in [1.807, 2.05) is 20.8 Å². The van der Waals surface area contributed by atoms with E-state index in [1.165, 1.54) is 0 Å². The van der Waals surface area contributed by atoms with Crippen molar-refractivity contribution in [2.75, 3.05) is 0 Å². The maximum atomic E-state index is 11.7. The number of carbonyl (C=O) groups is 2. The standard InChI is InChI=1S/C16H26N2O3/c1-10(2)14(13(9-17)15(20)21)18-12-5-7-16(4,8-6-12)11(3)19/h9-10,12H,5-8,17H2,1-4H3,(H,20,21). The molecule has 118 valence electrons. The average Bonchev–Trinajstić information content (AvgIpc) is 2.40. The number of Topliss-reactive ketones (excluding diaryl/α,β-unsaturated/α-hetero) is 1. The number of aliphatic carboxylic acids is 1. The highest BCUT2D eigenvalue weighted by Crippen LogP contribution is 2.38. The van der Waals surface area contributed by atoms with Crippen LogP contribution in [0.5, 0.6) is 0 Å². The van der Waals surface area contributed by atoms with Gasteiger partial charge in [0.15, 0.2) is 0 Å². The number of ketones is 1. The van der Waals surface area contributed by atoms with Gasteiger partial charge >= 0.3 is 5.97 Å². The molecule has 0 radical (unpaired) electrons. The first-order valence-corrected chi connectivity index (χ1v) is 7.45. The summed E-state index contributed by atoms with van der Waals surface area (Å²) < 4.78 is 0. The smallest absolute Gasteiger partial charge is 0.339 e. The molecule has 0 amide bonds. The van der Waals surface area contributed by atoms with Crippen molar-refractivity contribution in [3.05, 3.63) is 11.8 Å². The van der Waals surface area contributed by atoms with Crippen molar-refractivity contribution in [3.8, 4) is 0 Å². The summed E-state index contributed by atoms with van der Waals surface area (Å²) in [6.07, 6.45) is 4.34. The number of carbonyl (C=O) groups excluding carboxylic acids is 1. The third-order valence-corrected chi connectivity index (χ3v) is 4.45. The SMILES string of the molecule is CC(=O)C1(C)CCC(N=C(C(=CN)C(=O)O)C(C)C)CC1. The summed E-state index contributed by atoms with van der Waals surface area (Å²) in [4.78, 5) is 27.5. The van der Waals surface area contributed by atoms with E-state index in [9.17, 15) is 14.7 Å². The van der Waals surface area contributed by atoms with Crippen molar-refractivity contribution in [2.45, 2.75) is 59.4 Å². The van der Waals surface area contributed by atoms with E-state index in [4.69, 9.17) is 5.73 Å². The summed E-state index contributed by atoms with van der Waals surface area (Å²) >= 11 is 0. The van der Waals surface area contributed by atoms with Crippen molar-refractivity contribution in [2.24, 2.45) is 22.1 Å². The van der Waals surface area contributed by atoms with Gasteiger partial charge in [-0.3, -0.25) is 9.79 Å². The Hall–Kier alpha value is -1.65. The molecule has 1 aliphatic carbocycles. The van der Waals surface area contributed by atoms with Crippen LogP contribution in [-0.2, 0) is 9.59 Å². The minimum Gasteiger partial charge on any atom is -0.478 e. The molecule has 0 spiro atoms. The zero-order chi connectivity index (χ0) is 16.2. The predicted octanol–water partition coefficient (Wildman–Crippen LogP) is 2.55. The zero-order valence-electron chi connectivity index (χ0n) is 13.3. The van der Waals surface area contributed by atoms with Crippen molar-refractivity contribution < 1.29 is 14.7 Å². The molecule has 0 saturated heterocycles. The molecule has 0 aromatic rings. The first kappa shape index (κ1) is 17.4. The van der Waals surface area contributed by atoms with E-state index in [0.717, 1.165) is 31.9 Å². The lowest BCUT2D eigenvalue weighted by molar-refractivity contribution is -0.132. The normalized spacial score (nSPS) is 27.8. The quantitative estimate of drug-likeness (QED) is 0.602. The lowest BCUT2D eigenvalue weighted by Gasteiger charge is -2.34. The topological polar surface area (TPSA) is 92.8 Å². The molecule has 5 heteroatoms. The molecule has 5 nitrogen and oxygen atoms in total. The van der Waals surface area contributed by atoms with Gasteiger partial charge in [-0.1, -0.05) is 20.8 Å². The third-order valence-electron chi connectivity index (χ3n) is 4.45. The first-order valence-electron chi connectivity index (χ1n) is 7.45. The van der Waals surface area contributed by atoms with Gasteiger partial charge in [-0.25, -0.2) is 4.79 Å². The Kier molecular flexibility index (Phi) is 5.70. The van der Waals surface area contributed by atoms with Crippen molar-refractivity contribution in [3.63, 3.8) is 0 Å². The number of aliphatic imine (C=N–C) groups is 1. The predicted molar refractivity (Wildman–Crippen MR) is 83.2 cm³/mol. The molecule has 1 aliphatic rings. The van der Waals surface area contributed by atoms with Crippen LogP contribution < -0.4 is 5.73 Å². The number of rotatable bonds is 5. The van der Waals surface area contributed by atoms with Gasteiger partial charge in [-0.05, 0) is 38.5 Å². The second-order valence-electron chi connectivity index (χ2n) is 6.40. The monoisotopic (exact) mass is 294 g/mol. The number of hydrogen-bond donors (Lipinski definition) is 2. The van der Waals surface area contributed by atoms with E-state index in [1.54, 1.807) is 6.92 Å². The van der Waals surface area contributed by atoms with Crippen LogP contribution in [-0.4, -0.2) is 28.6 Å². The molecule has 0 aromatic carbocycles. The number of carboxylic acids is 1. The van der Waals surface area contributed by atoms with Gasteiger partial charge in [0.25, 0.3) is 0 Å². The highest BCUT2D eigenvalue weighted by atomic mass is 16.4.